The van der Waals surface area contributed by atoms with E-state index in [9.17, 15) is 52.7 Å². The molecule has 1 heterocycles. The highest BCUT2D eigenvalue weighted by molar-refractivity contribution is 7.91. The molecule has 0 radical (unpaired) electrons. The van der Waals surface area contributed by atoms with Crippen LogP contribution in [0.2, 0.25) is 0 Å². The van der Waals surface area contributed by atoms with Gasteiger partial charge in [0.25, 0.3) is 5.91 Å². The van der Waals surface area contributed by atoms with Crippen molar-refractivity contribution < 1.29 is 52.7 Å². The maximum Gasteiger partial charge on any atom is 0.460 e. The Kier molecular flexibility index (Phi) is 5.31. The fourth-order valence-corrected chi connectivity index (χ4v) is 2.38. The summed E-state index contributed by atoms with van der Waals surface area (Å²) in [6.07, 6.45) is -7.20. The minimum Gasteiger partial charge on any atom is -0.266 e. The molecule has 0 spiro atoms. The van der Waals surface area contributed by atoms with E-state index in [4.69, 9.17) is 0 Å². The summed E-state index contributed by atoms with van der Waals surface area (Å²) in [7, 11) is -7.02. The van der Waals surface area contributed by atoms with Gasteiger partial charge in [0.2, 0.25) is 0 Å². The number of amides is 1. The standard InChI is InChI=1S/C11H7F9N2O3S/c1-5-3-2-4-6(21-5)7(23)22-26(24,25)11(19,20)9(14,15)8(12,13)10(16,17)18/h2-4H,1H3,(H,22,23). The number of hydrogen-bond donors (Lipinski definition) is 1. The van der Waals surface area contributed by atoms with Crippen LogP contribution in [0.25, 0.3) is 0 Å². The van der Waals surface area contributed by atoms with Gasteiger partial charge in [-0.2, -0.15) is 47.9 Å². The summed E-state index contributed by atoms with van der Waals surface area (Å²) in [6.45, 7) is 1.26. The molecule has 1 aromatic rings. The number of nitrogens with one attached hydrogen (secondary N) is 1. The summed E-state index contributed by atoms with van der Waals surface area (Å²) < 4.78 is 137. The molecule has 0 saturated carbocycles. The van der Waals surface area contributed by atoms with Gasteiger partial charge >= 0.3 is 33.3 Å². The van der Waals surface area contributed by atoms with E-state index in [2.05, 4.69) is 4.98 Å². The van der Waals surface area contributed by atoms with Crippen LogP contribution in [0.4, 0.5) is 39.5 Å². The third-order valence-electron chi connectivity index (χ3n) is 2.80. The monoisotopic (exact) mass is 418 g/mol. The zero-order chi connectivity index (χ0) is 20.8. The number of hydrogen-bond acceptors (Lipinski definition) is 4. The first-order chi connectivity index (χ1) is 11.4. The Morgan fingerprint density at radius 3 is 1.88 bits per heavy atom. The topological polar surface area (TPSA) is 76.1 Å². The van der Waals surface area contributed by atoms with E-state index >= 15 is 0 Å². The molecule has 0 unspecified atom stereocenters. The molecule has 0 bridgehead atoms. The van der Waals surface area contributed by atoms with Crippen LogP contribution in [-0.2, 0) is 10.0 Å². The lowest BCUT2D eigenvalue weighted by atomic mass is 10.1. The van der Waals surface area contributed by atoms with E-state index in [1.54, 1.807) is 0 Å². The first-order valence-electron chi connectivity index (χ1n) is 6.09. The van der Waals surface area contributed by atoms with E-state index in [1.807, 2.05) is 0 Å². The average Bonchev–Trinajstić information content (AvgIpc) is 2.44. The van der Waals surface area contributed by atoms with Crippen LogP contribution in [-0.4, -0.2) is 42.6 Å². The van der Waals surface area contributed by atoms with Crippen molar-refractivity contribution in [2.24, 2.45) is 0 Å². The fourth-order valence-electron chi connectivity index (χ4n) is 1.44. The van der Waals surface area contributed by atoms with Gasteiger partial charge in [0, 0.05) is 5.69 Å². The summed E-state index contributed by atoms with van der Waals surface area (Å²) in [5.41, 5.74) is -0.842. The Morgan fingerprint density at radius 1 is 0.962 bits per heavy atom. The normalized spacial score (nSPS) is 14.2. The van der Waals surface area contributed by atoms with Crippen LogP contribution in [0.3, 0.4) is 0 Å². The maximum atomic E-state index is 13.4. The lowest BCUT2D eigenvalue weighted by Crippen LogP contribution is -2.65. The second kappa shape index (κ2) is 6.28. The molecule has 148 valence electrons. The summed E-state index contributed by atoms with van der Waals surface area (Å²) in [5, 5.41) is -7.00. The van der Waals surface area contributed by atoms with Gasteiger partial charge in [-0.1, -0.05) is 6.07 Å². The molecule has 0 aliphatic carbocycles. The van der Waals surface area contributed by atoms with Crippen LogP contribution in [0.5, 0.6) is 0 Å². The van der Waals surface area contributed by atoms with Crippen molar-refractivity contribution in [1.82, 2.24) is 9.71 Å². The second-order valence-electron chi connectivity index (χ2n) is 4.76. The quantitative estimate of drug-likeness (QED) is 0.747. The third kappa shape index (κ3) is 3.43. The largest absolute Gasteiger partial charge is 0.460 e. The molecule has 5 nitrogen and oxygen atoms in total. The Labute approximate surface area is 139 Å². The molecule has 15 heteroatoms. The molecule has 0 aliphatic rings. The zero-order valence-electron chi connectivity index (χ0n) is 12.2. The predicted octanol–water partition coefficient (Wildman–Crippen LogP) is 2.88. The summed E-state index contributed by atoms with van der Waals surface area (Å²) in [5.74, 6) is -16.9. The summed E-state index contributed by atoms with van der Waals surface area (Å²) >= 11 is 0. The van der Waals surface area contributed by atoms with Crippen molar-refractivity contribution in [3.05, 3.63) is 29.6 Å². The van der Waals surface area contributed by atoms with E-state index in [1.165, 1.54) is 13.0 Å². The van der Waals surface area contributed by atoms with Gasteiger partial charge in [0.05, 0.1) is 0 Å². The Bertz CT molecular complexity index is 805. The van der Waals surface area contributed by atoms with Crippen LogP contribution in [0, 0.1) is 6.92 Å². The average molecular weight is 418 g/mol. The molecule has 0 aliphatic heterocycles. The van der Waals surface area contributed by atoms with Crippen LogP contribution in [0.15, 0.2) is 18.2 Å². The van der Waals surface area contributed by atoms with Crippen molar-refractivity contribution in [2.45, 2.75) is 30.2 Å². The maximum absolute atomic E-state index is 13.4. The first kappa shape index (κ1) is 22.0. The molecule has 0 saturated heterocycles. The SMILES string of the molecule is Cc1cccc(C(=O)NS(=O)(=O)C(F)(F)C(F)(F)C(F)(F)C(F)(F)F)n1. The molecule has 0 fully saturated rings. The van der Waals surface area contributed by atoms with Crippen molar-refractivity contribution in [1.29, 1.82) is 0 Å². The zero-order valence-corrected chi connectivity index (χ0v) is 13.0. The van der Waals surface area contributed by atoms with Crippen molar-refractivity contribution >= 4 is 15.9 Å². The number of aryl methyl sites for hydroxylation is 1. The molecule has 1 aromatic heterocycles. The van der Waals surface area contributed by atoms with E-state index in [0.29, 0.717) is 4.72 Å². The number of nitrogens with zero attached hydrogens (tertiary/aromatic N) is 1. The van der Waals surface area contributed by atoms with E-state index in [0.717, 1.165) is 12.1 Å². The molecule has 0 atom stereocenters. The minimum atomic E-state index is -7.43. The molecule has 26 heavy (non-hydrogen) atoms. The number of pyridine rings is 1. The number of sulfonamides is 1. The minimum absolute atomic E-state index is 0.0516. The molecular weight excluding hydrogens is 411 g/mol. The number of halogens is 9. The van der Waals surface area contributed by atoms with Crippen molar-refractivity contribution in [2.75, 3.05) is 0 Å². The molecule has 1 amide bonds. The third-order valence-corrected chi connectivity index (χ3v) is 4.19. The van der Waals surface area contributed by atoms with Gasteiger partial charge in [-0.05, 0) is 19.1 Å². The second-order valence-corrected chi connectivity index (χ2v) is 6.49. The number of carbonyl (C=O) groups excluding carboxylic acids is 1. The highest BCUT2D eigenvalue weighted by Gasteiger charge is 2.85. The van der Waals surface area contributed by atoms with Crippen LogP contribution < -0.4 is 4.72 Å². The number of alkyl halides is 9. The van der Waals surface area contributed by atoms with Crippen molar-refractivity contribution in [3.63, 3.8) is 0 Å². The molecular formula is C11H7F9N2O3S. The van der Waals surface area contributed by atoms with Gasteiger partial charge in [-0.25, -0.2) is 9.71 Å². The predicted molar refractivity (Wildman–Crippen MR) is 66.3 cm³/mol. The molecule has 1 rings (SSSR count). The van der Waals surface area contributed by atoms with Crippen LogP contribution >= 0.6 is 0 Å². The molecule has 1 N–H and O–H groups in total. The number of carbonyl (C=O) groups is 1. The lowest BCUT2D eigenvalue weighted by molar-refractivity contribution is -0.382. The highest BCUT2D eigenvalue weighted by atomic mass is 32.2. The van der Waals surface area contributed by atoms with E-state index < -0.39 is 44.9 Å². The smallest absolute Gasteiger partial charge is 0.266 e. The summed E-state index contributed by atoms with van der Waals surface area (Å²) in [6, 6.07) is 3.09. The van der Waals surface area contributed by atoms with Gasteiger partial charge in [-0.3, -0.25) is 4.79 Å². The fraction of sp³-hybridized carbons (Fsp3) is 0.455. The van der Waals surface area contributed by atoms with Gasteiger partial charge < -0.3 is 0 Å². The van der Waals surface area contributed by atoms with Crippen LogP contribution in [0.1, 0.15) is 16.2 Å². The Balaban J connectivity index is 3.30. The lowest BCUT2D eigenvalue weighted by Gasteiger charge is -2.32. The van der Waals surface area contributed by atoms with Gasteiger partial charge in [0.15, 0.2) is 0 Å². The Hall–Kier alpha value is -2.06. The van der Waals surface area contributed by atoms with Gasteiger partial charge in [-0.15, -0.1) is 0 Å². The number of rotatable bonds is 5. The molecule has 0 aromatic carbocycles. The highest BCUT2D eigenvalue weighted by Crippen LogP contribution is 2.54. The summed E-state index contributed by atoms with van der Waals surface area (Å²) in [4.78, 5) is 14.8. The Morgan fingerprint density at radius 2 is 1.46 bits per heavy atom. The van der Waals surface area contributed by atoms with Gasteiger partial charge in [0.1, 0.15) is 5.69 Å². The first-order valence-corrected chi connectivity index (χ1v) is 7.57. The van der Waals surface area contributed by atoms with E-state index in [-0.39, 0.29) is 5.69 Å². The van der Waals surface area contributed by atoms with Crippen molar-refractivity contribution in [3.8, 4) is 0 Å². The number of aromatic nitrogens is 1.